The SMILES string of the molecule is CSc1nnc(Sc2nccc(C)c2C#N)s1. The Labute approximate surface area is 111 Å². The zero-order valence-corrected chi connectivity index (χ0v) is 11.6. The Morgan fingerprint density at radius 1 is 1.35 bits per heavy atom. The number of nitriles is 1. The van der Waals surface area contributed by atoms with Crippen LogP contribution < -0.4 is 0 Å². The van der Waals surface area contributed by atoms with Crippen LogP contribution in [-0.2, 0) is 0 Å². The molecule has 0 aliphatic heterocycles. The molecule has 2 heterocycles. The minimum atomic E-state index is 0.610. The van der Waals surface area contributed by atoms with Gasteiger partial charge in [-0.2, -0.15) is 5.26 Å². The van der Waals surface area contributed by atoms with Crippen molar-refractivity contribution in [1.29, 1.82) is 5.26 Å². The number of nitrogens with zero attached hydrogens (tertiary/aromatic N) is 4. The molecule has 2 aromatic rings. The molecule has 0 radical (unpaired) electrons. The van der Waals surface area contributed by atoms with Crippen molar-refractivity contribution in [3.05, 3.63) is 23.4 Å². The van der Waals surface area contributed by atoms with Gasteiger partial charge in [-0.25, -0.2) is 4.98 Å². The van der Waals surface area contributed by atoms with Crippen LogP contribution in [0.1, 0.15) is 11.1 Å². The highest BCUT2D eigenvalue weighted by molar-refractivity contribution is 8.03. The largest absolute Gasteiger partial charge is 0.248 e. The van der Waals surface area contributed by atoms with Crippen molar-refractivity contribution in [2.45, 2.75) is 20.6 Å². The van der Waals surface area contributed by atoms with Gasteiger partial charge in [-0.05, 0) is 36.6 Å². The molecule has 0 spiro atoms. The molecule has 0 aliphatic carbocycles. The molecule has 7 heteroatoms. The summed E-state index contributed by atoms with van der Waals surface area (Å²) in [6, 6.07) is 4.00. The van der Waals surface area contributed by atoms with E-state index in [9.17, 15) is 0 Å². The molecular weight excluding hydrogens is 272 g/mol. The van der Waals surface area contributed by atoms with Crippen LogP contribution in [0.25, 0.3) is 0 Å². The lowest BCUT2D eigenvalue weighted by atomic mass is 10.2. The summed E-state index contributed by atoms with van der Waals surface area (Å²) in [7, 11) is 0. The van der Waals surface area contributed by atoms with Crippen molar-refractivity contribution < 1.29 is 0 Å². The number of pyridine rings is 1. The van der Waals surface area contributed by atoms with Crippen molar-refractivity contribution in [1.82, 2.24) is 15.2 Å². The fourth-order valence-corrected chi connectivity index (χ4v) is 3.62. The second-order valence-corrected chi connectivity index (χ2v) is 6.33. The Kier molecular flexibility index (Phi) is 3.99. The van der Waals surface area contributed by atoms with E-state index in [0.717, 1.165) is 14.2 Å². The predicted molar refractivity (Wildman–Crippen MR) is 69.5 cm³/mol. The summed E-state index contributed by atoms with van der Waals surface area (Å²) in [6.07, 6.45) is 3.66. The van der Waals surface area contributed by atoms with Gasteiger partial charge in [0.25, 0.3) is 0 Å². The van der Waals surface area contributed by atoms with Gasteiger partial charge in [-0.15, -0.1) is 10.2 Å². The molecule has 2 rings (SSSR count). The number of hydrogen-bond donors (Lipinski definition) is 0. The molecule has 0 unspecified atom stereocenters. The van der Waals surface area contributed by atoms with Crippen LogP contribution in [0.4, 0.5) is 0 Å². The molecule has 0 aromatic carbocycles. The first-order chi connectivity index (χ1) is 8.24. The third kappa shape index (κ3) is 2.77. The van der Waals surface area contributed by atoms with E-state index in [1.807, 2.05) is 19.2 Å². The van der Waals surface area contributed by atoms with Crippen LogP contribution in [-0.4, -0.2) is 21.4 Å². The Bertz CT molecular complexity index is 573. The standard InChI is InChI=1S/C10H8N4S3/c1-6-3-4-12-8(7(6)5-11)16-10-14-13-9(15-2)17-10/h3-4H,1-2H3. The number of aryl methyl sites for hydroxylation is 1. The minimum Gasteiger partial charge on any atom is -0.248 e. The van der Waals surface area contributed by atoms with E-state index in [0.29, 0.717) is 10.6 Å². The topological polar surface area (TPSA) is 62.5 Å². The summed E-state index contributed by atoms with van der Waals surface area (Å²) in [5.41, 5.74) is 1.54. The number of rotatable bonds is 3. The molecular formula is C10H8N4S3. The van der Waals surface area contributed by atoms with Gasteiger partial charge in [-0.3, -0.25) is 0 Å². The van der Waals surface area contributed by atoms with Crippen molar-refractivity contribution in [3.63, 3.8) is 0 Å². The Balaban J connectivity index is 2.30. The summed E-state index contributed by atoms with van der Waals surface area (Å²) in [5, 5.41) is 17.8. The maximum Gasteiger partial charge on any atom is 0.181 e. The van der Waals surface area contributed by atoms with E-state index < -0.39 is 0 Å². The van der Waals surface area contributed by atoms with Gasteiger partial charge in [0.15, 0.2) is 8.68 Å². The summed E-state index contributed by atoms with van der Waals surface area (Å²) in [6.45, 7) is 1.90. The van der Waals surface area contributed by atoms with Crippen LogP contribution in [0.5, 0.6) is 0 Å². The number of thioether (sulfide) groups is 1. The monoisotopic (exact) mass is 280 g/mol. The molecule has 2 aromatic heterocycles. The molecule has 0 saturated heterocycles. The lowest BCUT2D eigenvalue weighted by molar-refractivity contribution is 0.952. The average molecular weight is 280 g/mol. The van der Waals surface area contributed by atoms with E-state index in [-0.39, 0.29) is 0 Å². The molecule has 17 heavy (non-hydrogen) atoms. The molecule has 0 saturated carbocycles. The molecule has 4 nitrogen and oxygen atoms in total. The van der Waals surface area contributed by atoms with Crippen LogP contribution in [0.15, 0.2) is 26.0 Å². The molecule has 0 aliphatic rings. The highest BCUT2D eigenvalue weighted by Gasteiger charge is 2.11. The molecule has 0 atom stereocenters. The maximum absolute atomic E-state index is 9.09. The Morgan fingerprint density at radius 2 is 2.12 bits per heavy atom. The van der Waals surface area contributed by atoms with Gasteiger partial charge in [0.2, 0.25) is 0 Å². The maximum atomic E-state index is 9.09. The van der Waals surface area contributed by atoms with Crippen LogP contribution in [0.3, 0.4) is 0 Å². The van der Waals surface area contributed by atoms with Crippen LogP contribution in [0, 0.1) is 18.3 Å². The summed E-state index contributed by atoms with van der Waals surface area (Å²) in [4.78, 5) is 4.21. The van der Waals surface area contributed by atoms with Gasteiger partial charge < -0.3 is 0 Å². The number of hydrogen-bond acceptors (Lipinski definition) is 7. The number of aromatic nitrogens is 3. The van der Waals surface area contributed by atoms with Gasteiger partial charge in [0, 0.05) is 6.20 Å². The normalized spacial score (nSPS) is 10.2. The third-order valence-electron chi connectivity index (χ3n) is 1.98. The predicted octanol–water partition coefficient (Wildman–Crippen LogP) is 2.99. The zero-order chi connectivity index (χ0) is 12.3. The highest BCUT2D eigenvalue weighted by atomic mass is 32.2. The van der Waals surface area contributed by atoms with E-state index in [1.165, 1.54) is 23.1 Å². The van der Waals surface area contributed by atoms with Crippen molar-refractivity contribution in [2.24, 2.45) is 0 Å². The van der Waals surface area contributed by atoms with Gasteiger partial charge in [0.1, 0.15) is 11.1 Å². The first kappa shape index (κ1) is 12.4. The summed E-state index contributed by atoms with van der Waals surface area (Å²) < 4.78 is 1.72. The molecule has 86 valence electrons. The average Bonchev–Trinajstić information content (AvgIpc) is 2.77. The minimum absolute atomic E-state index is 0.610. The van der Waals surface area contributed by atoms with Gasteiger partial charge >= 0.3 is 0 Å². The Morgan fingerprint density at radius 3 is 2.76 bits per heavy atom. The second kappa shape index (κ2) is 5.49. The van der Waals surface area contributed by atoms with Gasteiger partial charge in [-0.1, -0.05) is 23.1 Å². The van der Waals surface area contributed by atoms with Crippen molar-refractivity contribution in [2.75, 3.05) is 6.26 Å². The fraction of sp³-hybridized carbons (Fsp3) is 0.200. The van der Waals surface area contributed by atoms with Crippen LogP contribution >= 0.6 is 34.9 Å². The lowest BCUT2D eigenvalue weighted by Crippen LogP contribution is -1.89. The first-order valence-electron chi connectivity index (χ1n) is 4.65. The molecule has 0 fully saturated rings. The quantitative estimate of drug-likeness (QED) is 0.805. The lowest BCUT2D eigenvalue weighted by Gasteiger charge is -2.01. The van der Waals surface area contributed by atoms with E-state index in [2.05, 4.69) is 21.3 Å². The molecule has 0 N–H and O–H groups in total. The molecule has 0 bridgehead atoms. The Hall–Kier alpha value is -1.10. The smallest absolute Gasteiger partial charge is 0.181 e. The fourth-order valence-electron chi connectivity index (χ4n) is 1.15. The third-order valence-corrected chi connectivity index (χ3v) is 4.94. The second-order valence-electron chi connectivity index (χ2n) is 3.06. The van der Waals surface area contributed by atoms with Crippen LogP contribution in [0.2, 0.25) is 0 Å². The first-order valence-corrected chi connectivity index (χ1v) is 7.51. The van der Waals surface area contributed by atoms with E-state index >= 15 is 0 Å². The summed E-state index contributed by atoms with van der Waals surface area (Å²) in [5.74, 6) is 0. The molecule has 0 amide bonds. The van der Waals surface area contributed by atoms with Crippen molar-refractivity contribution >= 4 is 34.9 Å². The highest BCUT2D eigenvalue weighted by Crippen LogP contribution is 2.33. The summed E-state index contributed by atoms with van der Waals surface area (Å²) >= 11 is 4.45. The van der Waals surface area contributed by atoms with E-state index in [4.69, 9.17) is 5.26 Å². The van der Waals surface area contributed by atoms with Gasteiger partial charge in [0.05, 0.1) is 5.56 Å². The van der Waals surface area contributed by atoms with E-state index in [1.54, 1.807) is 18.0 Å². The zero-order valence-electron chi connectivity index (χ0n) is 9.17. The van der Waals surface area contributed by atoms with Crippen molar-refractivity contribution in [3.8, 4) is 6.07 Å².